The minimum atomic E-state index is -0.301. The van der Waals surface area contributed by atoms with Crippen molar-refractivity contribution >= 4 is 11.7 Å². The summed E-state index contributed by atoms with van der Waals surface area (Å²) in [6.07, 6.45) is 1.36. The first kappa shape index (κ1) is 11.7. The second-order valence-corrected chi connectivity index (χ2v) is 3.66. The lowest BCUT2D eigenvalue weighted by molar-refractivity contribution is 0.102. The Morgan fingerprint density at radius 3 is 2.78 bits per heavy atom. The first-order chi connectivity index (χ1) is 8.69. The number of pyridine rings is 2. The smallest absolute Gasteiger partial charge is 0.258 e. The number of rotatable bonds is 2. The van der Waals surface area contributed by atoms with Crippen LogP contribution in [0.25, 0.3) is 0 Å². The minimum absolute atomic E-state index is 0.278. The van der Waals surface area contributed by atoms with E-state index in [-0.39, 0.29) is 11.6 Å². The van der Waals surface area contributed by atoms with Crippen molar-refractivity contribution in [1.29, 1.82) is 5.26 Å². The SMILES string of the molecule is Cc1cccc(NC(=O)c2ccc(C#N)nc2)n1. The van der Waals surface area contributed by atoms with E-state index in [1.165, 1.54) is 12.3 Å². The van der Waals surface area contributed by atoms with Crippen LogP contribution >= 0.6 is 0 Å². The van der Waals surface area contributed by atoms with Crippen LogP contribution in [-0.2, 0) is 0 Å². The van der Waals surface area contributed by atoms with E-state index in [1.807, 2.05) is 25.1 Å². The summed E-state index contributed by atoms with van der Waals surface area (Å²) in [4.78, 5) is 19.9. The van der Waals surface area contributed by atoms with E-state index in [0.717, 1.165) is 5.69 Å². The molecule has 1 N–H and O–H groups in total. The van der Waals surface area contributed by atoms with Crippen molar-refractivity contribution in [2.75, 3.05) is 5.32 Å². The van der Waals surface area contributed by atoms with E-state index < -0.39 is 0 Å². The number of carbonyl (C=O) groups is 1. The number of anilines is 1. The van der Waals surface area contributed by atoms with Crippen LogP contribution in [0.5, 0.6) is 0 Å². The zero-order valence-corrected chi connectivity index (χ0v) is 9.71. The highest BCUT2D eigenvalue weighted by Gasteiger charge is 2.07. The van der Waals surface area contributed by atoms with Gasteiger partial charge in [-0.15, -0.1) is 0 Å². The Balaban J connectivity index is 2.14. The number of aromatic nitrogens is 2. The molecule has 0 aliphatic heterocycles. The summed E-state index contributed by atoms with van der Waals surface area (Å²) in [5.74, 6) is 0.189. The maximum Gasteiger partial charge on any atom is 0.258 e. The zero-order chi connectivity index (χ0) is 13.0. The molecule has 2 aromatic rings. The normalized spacial score (nSPS) is 9.56. The summed E-state index contributed by atoms with van der Waals surface area (Å²) in [6, 6.07) is 10.3. The number of nitrogens with one attached hydrogen (secondary N) is 1. The highest BCUT2D eigenvalue weighted by Crippen LogP contribution is 2.07. The Morgan fingerprint density at radius 2 is 2.17 bits per heavy atom. The van der Waals surface area contributed by atoms with Crippen molar-refractivity contribution in [3.8, 4) is 6.07 Å². The fourth-order valence-corrected chi connectivity index (χ4v) is 1.40. The van der Waals surface area contributed by atoms with Crippen LogP contribution < -0.4 is 5.32 Å². The molecule has 0 saturated carbocycles. The molecular formula is C13H10N4O. The summed E-state index contributed by atoms with van der Waals surface area (Å²) in [7, 11) is 0. The molecule has 2 aromatic heterocycles. The molecule has 0 saturated heterocycles. The van der Waals surface area contributed by atoms with Gasteiger partial charge in [0.25, 0.3) is 5.91 Å². The lowest BCUT2D eigenvalue weighted by atomic mass is 10.2. The number of amides is 1. The second kappa shape index (κ2) is 5.06. The molecule has 2 rings (SSSR count). The molecule has 5 nitrogen and oxygen atoms in total. The van der Waals surface area contributed by atoms with Crippen molar-refractivity contribution in [2.24, 2.45) is 0 Å². The largest absolute Gasteiger partial charge is 0.307 e. The standard InChI is InChI=1S/C13H10N4O/c1-9-3-2-4-12(16-9)17-13(18)10-5-6-11(7-14)15-8-10/h2-6,8H,1H3,(H,16,17,18). The average molecular weight is 238 g/mol. The topological polar surface area (TPSA) is 78.7 Å². The van der Waals surface area contributed by atoms with Crippen LogP contribution in [0.4, 0.5) is 5.82 Å². The highest BCUT2D eigenvalue weighted by molar-refractivity contribution is 6.03. The van der Waals surface area contributed by atoms with E-state index >= 15 is 0 Å². The van der Waals surface area contributed by atoms with Crippen molar-refractivity contribution in [1.82, 2.24) is 9.97 Å². The Bertz CT molecular complexity index is 614. The van der Waals surface area contributed by atoms with Gasteiger partial charge in [0.2, 0.25) is 0 Å². The van der Waals surface area contributed by atoms with Crippen molar-refractivity contribution in [2.45, 2.75) is 6.92 Å². The number of aryl methyl sites for hydroxylation is 1. The third-order valence-electron chi connectivity index (χ3n) is 2.27. The molecule has 5 heteroatoms. The van der Waals surface area contributed by atoms with Crippen LogP contribution in [0.3, 0.4) is 0 Å². The fraction of sp³-hybridized carbons (Fsp3) is 0.0769. The van der Waals surface area contributed by atoms with Crippen molar-refractivity contribution in [3.05, 3.63) is 53.5 Å². The third kappa shape index (κ3) is 2.68. The summed E-state index contributed by atoms with van der Waals surface area (Å²) in [5, 5.41) is 11.3. The summed E-state index contributed by atoms with van der Waals surface area (Å²) in [5.41, 5.74) is 1.49. The van der Waals surface area contributed by atoms with Gasteiger partial charge in [-0.2, -0.15) is 5.26 Å². The van der Waals surface area contributed by atoms with E-state index in [2.05, 4.69) is 15.3 Å². The van der Waals surface area contributed by atoms with Gasteiger partial charge in [-0.3, -0.25) is 4.79 Å². The minimum Gasteiger partial charge on any atom is -0.307 e. The molecule has 0 aliphatic rings. The molecule has 1 amide bonds. The number of hydrogen-bond donors (Lipinski definition) is 1. The quantitative estimate of drug-likeness (QED) is 0.866. The molecule has 0 aliphatic carbocycles. The molecule has 2 heterocycles. The summed E-state index contributed by atoms with van der Waals surface area (Å²) in [6.45, 7) is 1.85. The van der Waals surface area contributed by atoms with Gasteiger partial charge >= 0.3 is 0 Å². The number of carbonyl (C=O) groups excluding carboxylic acids is 1. The first-order valence-electron chi connectivity index (χ1n) is 5.30. The lowest BCUT2D eigenvalue weighted by Crippen LogP contribution is -2.13. The van der Waals surface area contributed by atoms with Gasteiger partial charge in [0.15, 0.2) is 0 Å². The molecule has 0 bridgehead atoms. The molecule has 0 unspecified atom stereocenters. The van der Waals surface area contributed by atoms with Crippen molar-refractivity contribution in [3.63, 3.8) is 0 Å². The fourth-order valence-electron chi connectivity index (χ4n) is 1.40. The molecule has 0 fully saturated rings. The zero-order valence-electron chi connectivity index (χ0n) is 9.71. The van der Waals surface area contributed by atoms with Gasteiger partial charge in [-0.25, -0.2) is 9.97 Å². The highest BCUT2D eigenvalue weighted by atomic mass is 16.1. The predicted molar refractivity (Wildman–Crippen MR) is 65.9 cm³/mol. The van der Waals surface area contributed by atoms with E-state index in [9.17, 15) is 4.79 Å². The van der Waals surface area contributed by atoms with Crippen molar-refractivity contribution < 1.29 is 4.79 Å². The first-order valence-corrected chi connectivity index (χ1v) is 5.30. The Hall–Kier alpha value is -2.74. The summed E-state index contributed by atoms with van der Waals surface area (Å²) >= 11 is 0. The molecule has 0 spiro atoms. The molecule has 0 aromatic carbocycles. The second-order valence-electron chi connectivity index (χ2n) is 3.66. The van der Waals surface area contributed by atoms with Gasteiger partial charge in [-0.1, -0.05) is 6.07 Å². The summed E-state index contributed by atoms with van der Waals surface area (Å²) < 4.78 is 0. The average Bonchev–Trinajstić information content (AvgIpc) is 2.39. The molecule has 88 valence electrons. The lowest BCUT2D eigenvalue weighted by Gasteiger charge is -2.04. The Morgan fingerprint density at radius 1 is 1.33 bits per heavy atom. The van der Waals surface area contributed by atoms with Crippen LogP contribution in [0.1, 0.15) is 21.7 Å². The maximum atomic E-state index is 11.9. The maximum absolute atomic E-state index is 11.9. The monoisotopic (exact) mass is 238 g/mol. The van der Waals surface area contributed by atoms with Crippen LogP contribution in [0.15, 0.2) is 36.5 Å². The van der Waals surface area contributed by atoms with Crippen LogP contribution in [0, 0.1) is 18.3 Å². The van der Waals surface area contributed by atoms with E-state index in [1.54, 1.807) is 12.1 Å². The molecule has 18 heavy (non-hydrogen) atoms. The Labute approximate surface area is 104 Å². The Kier molecular flexibility index (Phi) is 3.30. The van der Waals surface area contributed by atoms with Gasteiger partial charge in [0.05, 0.1) is 5.56 Å². The van der Waals surface area contributed by atoms with Gasteiger partial charge in [0, 0.05) is 11.9 Å². The van der Waals surface area contributed by atoms with E-state index in [0.29, 0.717) is 11.4 Å². The number of hydrogen-bond acceptors (Lipinski definition) is 4. The van der Waals surface area contributed by atoms with E-state index in [4.69, 9.17) is 5.26 Å². The van der Waals surface area contributed by atoms with Gasteiger partial charge in [0.1, 0.15) is 17.6 Å². The van der Waals surface area contributed by atoms with Crippen LogP contribution in [0.2, 0.25) is 0 Å². The van der Waals surface area contributed by atoms with Crippen LogP contribution in [-0.4, -0.2) is 15.9 Å². The van der Waals surface area contributed by atoms with Gasteiger partial charge in [-0.05, 0) is 31.2 Å². The predicted octanol–water partition coefficient (Wildman–Crippen LogP) is 1.91. The molecule has 0 radical (unpaired) electrons. The molecular weight excluding hydrogens is 228 g/mol. The third-order valence-corrected chi connectivity index (χ3v) is 2.27. The number of nitrogens with zero attached hydrogens (tertiary/aromatic N) is 3. The van der Waals surface area contributed by atoms with Gasteiger partial charge < -0.3 is 5.32 Å². The number of nitriles is 1. The molecule has 0 atom stereocenters.